The SMILES string of the molecule is C#CCO/N=C(/C(=O)NC1C(=O)N2C(C(=O)O)=C(COC(N)=O)CS[C@H]12)c1csc(N)n1. The van der Waals surface area contributed by atoms with Crippen LogP contribution in [0.15, 0.2) is 21.8 Å². The van der Waals surface area contributed by atoms with Gasteiger partial charge in [-0.2, -0.15) is 0 Å². The number of rotatable bonds is 8. The van der Waals surface area contributed by atoms with Gasteiger partial charge in [-0.3, -0.25) is 14.5 Å². The Balaban J connectivity index is 1.78. The van der Waals surface area contributed by atoms with Crippen LogP contribution in [0.25, 0.3) is 0 Å². The average molecular weight is 480 g/mol. The molecular formula is C17H16N6O7S2. The topological polar surface area (TPSA) is 200 Å². The lowest BCUT2D eigenvalue weighted by molar-refractivity contribution is -0.150. The van der Waals surface area contributed by atoms with E-state index in [2.05, 4.69) is 26.1 Å². The fourth-order valence-corrected chi connectivity index (χ4v) is 4.77. The van der Waals surface area contributed by atoms with Crippen molar-refractivity contribution in [3.63, 3.8) is 0 Å². The van der Waals surface area contributed by atoms with Crippen LogP contribution in [0.4, 0.5) is 9.93 Å². The van der Waals surface area contributed by atoms with Gasteiger partial charge < -0.3 is 31.5 Å². The summed E-state index contributed by atoms with van der Waals surface area (Å²) >= 11 is 2.26. The summed E-state index contributed by atoms with van der Waals surface area (Å²) in [6.45, 7) is -0.569. The maximum absolute atomic E-state index is 12.8. The molecule has 1 aromatic rings. The number of anilines is 1. The van der Waals surface area contributed by atoms with Crippen LogP contribution in [0.2, 0.25) is 0 Å². The Kier molecular flexibility index (Phi) is 6.85. The van der Waals surface area contributed by atoms with E-state index >= 15 is 0 Å². The van der Waals surface area contributed by atoms with E-state index in [-0.39, 0.29) is 46.8 Å². The summed E-state index contributed by atoms with van der Waals surface area (Å²) in [5, 5.41) is 16.7. The molecule has 1 fully saturated rings. The van der Waals surface area contributed by atoms with E-state index in [1.807, 2.05) is 0 Å². The molecule has 168 valence electrons. The van der Waals surface area contributed by atoms with Crippen molar-refractivity contribution < 1.29 is 33.9 Å². The van der Waals surface area contributed by atoms with Crippen LogP contribution >= 0.6 is 23.1 Å². The van der Waals surface area contributed by atoms with E-state index in [4.69, 9.17) is 22.7 Å². The van der Waals surface area contributed by atoms with Gasteiger partial charge >= 0.3 is 12.1 Å². The number of ether oxygens (including phenoxy) is 1. The lowest BCUT2D eigenvalue weighted by Gasteiger charge is -2.49. The molecule has 0 aromatic carbocycles. The Morgan fingerprint density at radius 2 is 2.22 bits per heavy atom. The molecule has 0 spiro atoms. The third kappa shape index (κ3) is 4.60. The van der Waals surface area contributed by atoms with Gasteiger partial charge in [0.25, 0.3) is 11.8 Å². The Morgan fingerprint density at radius 1 is 1.47 bits per heavy atom. The molecular weight excluding hydrogens is 464 g/mol. The smallest absolute Gasteiger partial charge is 0.404 e. The Bertz CT molecular complexity index is 1080. The number of primary amides is 1. The van der Waals surface area contributed by atoms with Crippen LogP contribution in [0.3, 0.4) is 0 Å². The van der Waals surface area contributed by atoms with Gasteiger partial charge in [0.05, 0.1) is 0 Å². The number of hydrogen-bond donors (Lipinski definition) is 4. The number of carboxylic acids is 1. The molecule has 1 saturated heterocycles. The van der Waals surface area contributed by atoms with Crippen molar-refractivity contribution in [3.8, 4) is 12.3 Å². The van der Waals surface area contributed by atoms with Crippen molar-refractivity contribution in [2.45, 2.75) is 11.4 Å². The molecule has 3 rings (SSSR count). The predicted octanol–water partition coefficient (Wildman–Crippen LogP) is -1.09. The number of thiazole rings is 1. The molecule has 1 unspecified atom stereocenters. The van der Waals surface area contributed by atoms with Crippen molar-refractivity contribution >= 4 is 57.8 Å². The lowest BCUT2D eigenvalue weighted by atomic mass is 10.0. The zero-order valence-electron chi connectivity index (χ0n) is 16.1. The van der Waals surface area contributed by atoms with Crippen molar-refractivity contribution in [1.29, 1.82) is 0 Å². The number of β-lactam (4-membered cyclic amide) rings is 1. The monoisotopic (exact) mass is 480 g/mol. The number of nitrogens with two attached hydrogens (primary N) is 2. The van der Waals surface area contributed by atoms with Crippen molar-refractivity contribution in [3.05, 3.63) is 22.3 Å². The van der Waals surface area contributed by atoms with Crippen LogP contribution in [-0.4, -0.2) is 75.0 Å². The quantitative estimate of drug-likeness (QED) is 0.116. The largest absolute Gasteiger partial charge is 0.477 e. The summed E-state index contributed by atoms with van der Waals surface area (Å²) in [6, 6.07) is -1.03. The van der Waals surface area contributed by atoms with Crippen LogP contribution in [-0.2, 0) is 24.0 Å². The standard InChI is InChI=1S/C17H16N6O7S2/c1-2-3-30-22-9(8-6-32-16(18)20-8)12(24)21-10-13(25)23-11(15(26)27)7(4-29-17(19)28)5-31-14(10)23/h1,6,10,14H,3-5H2,(H2,18,20)(H2,19,28)(H,21,24)(H,26,27)/b22-9+/t10?,14-/m1/s1. The minimum atomic E-state index is -1.38. The molecule has 2 aliphatic heterocycles. The number of fused-ring (bicyclic) bond motifs is 1. The van der Waals surface area contributed by atoms with Gasteiger partial charge in [-0.15, -0.1) is 29.5 Å². The van der Waals surface area contributed by atoms with Crippen molar-refractivity contribution in [1.82, 2.24) is 15.2 Å². The van der Waals surface area contributed by atoms with Crippen molar-refractivity contribution in [2.75, 3.05) is 24.7 Å². The van der Waals surface area contributed by atoms with Gasteiger partial charge in [-0.1, -0.05) is 11.1 Å². The number of thioether (sulfide) groups is 1. The number of carbonyl (C=O) groups excluding carboxylic acids is 3. The van der Waals surface area contributed by atoms with Crippen molar-refractivity contribution in [2.24, 2.45) is 10.9 Å². The molecule has 6 N–H and O–H groups in total. The highest BCUT2D eigenvalue weighted by molar-refractivity contribution is 8.00. The molecule has 3 amide bonds. The van der Waals surface area contributed by atoms with Gasteiger partial charge in [-0.25, -0.2) is 14.6 Å². The van der Waals surface area contributed by atoms with E-state index < -0.39 is 35.3 Å². The first-order valence-corrected chi connectivity index (χ1v) is 10.6. The first kappa shape index (κ1) is 22.9. The maximum Gasteiger partial charge on any atom is 0.404 e. The zero-order chi connectivity index (χ0) is 23.4. The Labute approximate surface area is 188 Å². The fourth-order valence-electron chi connectivity index (χ4n) is 2.90. The number of nitrogen functional groups attached to an aromatic ring is 1. The third-order valence-electron chi connectivity index (χ3n) is 4.21. The molecule has 3 heterocycles. The van der Waals surface area contributed by atoms with Crippen LogP contribution in [0, 0.1) is 12.3 Å². The fraction of sp³-hybridized carbons (Fsp3) is 0.294. The molecule has 32 heavy (non-hydrogen) atoms. The van der Waals surface area contributed by atoms with E-state index in [9.17, 15) is 24.3 Å². The third-order valence-corrected chi connectivity index (χ3v) is 6.22. The number of terminal acetylenes is 1. The van der Waals surface area contributed by atoms with Gasteiger partial charge in [0.1, 0.15) is 29.4 Å². The second kappa shape index (κ2) is 9.58. The summed E-state index contributed by atoms with van der Waals surface area (Å²) in [5.41, 5.74) is 10.3. The number of aliphatic carboxylic acids is 1. The number of carboxylic acid groups (broad SMARTS) is 1. The average Bonchev–Trinajstić information content (AvgIpc) is 3.18. The molecule has 1 aromatic heterocycles. The number of nitrogens with one attached hydrogen (secondary N) is 1. The summed E-state index contributed by atoms with van der Waals surface area (Å²) in [7, 11) is 0. The second-order valence-corrected chi connectivity index (χ2v) is 8.21. The molecule has 13 nitrogen and oxygen atoms in total. The number of oxime groups is 1. The number of amides is 3. The number of aromatic nitrogens is 1. The minimum absolute atomic E-state index is 0.124. The first-order valence-electron chi connectivity index (χ1n) is 8.72. The molecule has 15 heteroatoms. The van der Waals surface area contributed by atoms with Gasteiger partial charge in [0.15, 0.2) is 17.5 Å². The van der Waals surface area contributed by atoms with E-state index in [0.29, 0.717) is 0 Å². The normalized spacial score (nSPS) is 20.0. The highest BCUT2D eigenvalue weighted by Crippen LogP contribution is 2.40. The molecule has 0 saturated carbocycles. The van der Waals surface area contributed by atoms with Crippen LogP contribution in [0.5, 0.6) is 0 Å². The predicted molar refractivity (Wildman–Crippen MR) is 113 cm³/mol. The van der Waals surface area contributed by atoms with Crippen LogP contribution in [0.1, 0.15) is 5.69 Å². The number of carbonyl (C=O) groups is 4. The summed E-state index contributed by atoms with van der Waals surface area (Å²) in [4.78, 5) is 57.9. The van der Waals surface area contributed by atoms with E-state index in [1.165, 1.54) is 17.1 Å². The highest BCUT2D eigenvalue weighted by atomic mass is 32.2. The summed E-state index contributed by atoms with van der Waals surface area (Å²) in [5.74, 6) is -0.480. The summed E-state index contributed by atoms with van der Waals surface area (Å²) in [6.07, 6.45) is 4.03. The molecule has 0 aliphatic carbocycles. The lowest BCUT2D eigenvalue weighted by Crippen LogP contribution is -2.71. The summed E-state index contributed by atoms with van der Waals surface area (Å²) < 4.78 is 4.66. The zero-order valence-corrected chi connectivity index (χ0v) is 17.8. The number of nitrogens with zero attached hydrogens (tertiary/aromatic N) is 3. The van der Waals surface area contributed by atoms with Gasteiger partial charge in [-0.05, 0) is 0 Å². The van der Waals surface area contributed by atoms with E-state index in [0.717, 1.165) is 16.2 Å². The molecule has 0 radical (unpaired) electrons. The first-order chi connectivity index (χ1) is 15.2. The Hall–Kier alpha value is -3.77. The number of hydrogen-bond acceptors (Lipinski definition) is 11. The molecule has 2 atom stereocenters. The molecule has 2 aliphatic rings. The highest BCUT2D eigenvalue weighted by Gasteiger charge is 2.54. The van der Waals surface area contributed by atoms with Gasteiger partial charge in [0, 0.05) is 16.7 Å². The second-order valence-electron chi connectivity index (χ2n) is 6.21. The molecule has 0 bridgehead atoms. The maximum atomic E-state index is 12.8. The Morgan fingerprint density at radius 3 is 2.81 bits per heavy atom. The van der Waals surface area contributed by atoms with Gasteiger partial charge in [0.2, 0.25) is 0 Å². The van der Waals surface area contributed by atoms with E-state index in [1.54, 1.807) is 0 Å². The van der Waals surface area contributed by atoms with Crippen LogP contribution < -0.4 is 16.8 Å². The minimum Gasteiger partial charge on any atom is -0.477 e.